The fourth-order valence-corrected chi connectivity index (χ4v) is 2.88. The van der Waals surface area contributed by atoms with Gasteiger partial charge in [0.25, 0.3) is 0 Å². The van der Waals surface area contributed by atoms with Gasteiger partial charge in [0.15, 0.2) is 0 Å². The van der Waals surface area contributed by atoms with Crippen molar-refractivity contribution in [2.24, 2.45) is 0 Å². The van der Waals surface area contributed by atoms with Crippen molar-refractivity contribution in [2.75, 3.05) is 19.0 Å². The molecule has 1 aromatic rings. The van der Waals surface area contributed by atoms with Crippen LogP contribution in [0.1, 0.15) is 6.42 Å². The quantitative estimate of drug-likeness (QED) is 0.428. The van der Waals surface area contributed by atoms with Gasteiger partial charge in [-0.25, -0.2) is 4.90 Å². The molecule has 0 aromatic heterocycles. The van der Waals surface area contributed by atoms with Crippen molar-refractivity contribution in [3.63, 3.8) is 0 Å². The van der Waals surface area contributed by atoms with E-state index in [9.17, 15) is 9.59 Å². The molecule has 2 amide bonds. The van der Waals surface area contributed by atoms with Crippen LogP contribution in [-0.4, -0.2) is 36.3 Å². The van der Waals surface area contributed by atoms with Gasteiger partial charge >= 0.3 is 5.17 Å². The van der Waals surface area contributed by atoms with Crippen LogP contribution in [0.2, 0.25) is 0 Å². The number of amides is 2. The van der Waals surface area contributed by atoms with Gasteiger partial charge in [-0.2, -0.15) is 0 Å². The van der Waals surface area contributed by atoms with Gasteiger partial charge < -0.3 is 0 Å². The van der Waals surface area contributed by atoms with Gasteiger partial charge in [0, 0.05) is 6.42 Å². The van der Waals surface area contributed by atoms with E-state index < -0.39 is 0 Å². The fourth-order valence-electron chi connectivity index (χ4n) is 1.93. The molecule has 19 heavy (non-hydrogen) atoms. The van der Waals surface area contributed by atoms with Crippen molar-refractivity contribution < 1.29 is 14.6 Å². The van der Waals surface area contributed by atoms with Crippen molar-refractivity contribution in [3.05, 3.63) is 30.3 Å². The highest BCUT2D eigenvalue weighted by molar-refractivity contribution is 8.14. The van der Waals surface area contributed by atoms with Crippen LogP contribution in [0, 0.1) is 0 Å². The number of imide groups is 1. The highest BCUT2D eigenvalue weighted by Crippen LogP contribution is 2.28. The SMILES string of the molecule is CNC(=[NH+]C)S[C@H]1CC(=O)N(c2ccccc2)C1=O. The molecule has 100 valence electrons. The average molecular weight is 278 g/mol. The fraction of sp³-hybridized carbons (Fsp3) is 0.308. The first-order chi connectivity index (χ1) is 9.17. The zero-order valence-corrected chi connectivity index (χ0v) is 11.7. The van der Waals surface area contributed by atoms with E-state index in [0.29, 0.717) is 5.69 Å². The minimum Gasteiger partial charge on any atom is -0.274 e. The summed E-state index contributed by atoms with van der Waals surface area (Å²) in [6, 6.07) is 9.02. The number of nitrogens with one attached hydrogen (secondary N) is 2. The number of carbonyl (C=O) groups excluding carboxylic acids is 2. The van der Waals surface area contributed by atoms with Crippen LogP contribution in [0.3, 0.4) is 0 Å². The van der Waals surface area contributed by atoms with Crippen LogP contribution in [0.15, 0.2) is 30.3 Å². The monoisotopic (exact) mass is 278 g/mol. The first-order valence-electron chi connectivity index (χ1n) is 5.98. The molecule has 0 bridgehead atoms. The molecule has 1 fully saturated rings. The zero-order valence-electron chi connectivity index (χ0n) is 10.8. The van der Waals surface area contributed by atoms with Crippen molar-refractivity contribution in [1.29, 1.82) is 0 Å². The Bertz CT molecular complexity index is 516. The number of hydrogen-bond donors (Lipinski definition) is 2. The summed E-state index contributed by atoms with van der Waals surface area (Å²) in [4.78, 5) is 28.5. The predicted octanol–water partition coefficient (Wildman–Crippen LogP) is -0.662. The van der Waals surface area contributed by atoms with Crippen LogP contribution in [0.5, 0.6) is 0 Å². The van der Waals surface area contributed by atoms with Crippen molar-refractivity contribution >= 4 is 34.4 Å². The van der Waals surface area contributed by atoms with Crippen LogP contribution < -0.4 is 15.2 Å². The van der Waals surface area contributed by atoms with E-state index in [2.05, 4.69) is 10.3 Å². The van der Waals surface area contributed by atoms with E-state index in [0.717, 1.165) is 5.17 Å². The smallest absolute Gasteiger partial charge is 0.274 e. The molecule has 6 heteroatoms. The first kappa shape index (κ1) is 13.6. The topological polar surface area (TPSA) is 63.4 Å². The molecular weight excluding hydrogens is 262 g/mol. The Hall–Kier alpha value is -1.82. The van der Waals surface area contributed by atoms with E-state index in [4.69, 9.17) is 0 Å². The summed E-state index contributed by atoms with van der Waals surface area (Å²) in [6.45, 7) is 0. The number of anilines is 1. The number of thioether (sulfide) groups is 1. The summed E-state index contributed by atoms with van der Waals surface area (Å²) in [5, 5.41) is 3.36. The highest BCUT2D eigenvalue weighted by Gasteiger charge is 2.41. The molecular formula is C13H16N3O2S+. The Morgan fingerprint density at radius 3 is 2.63 bits per heavy atom. The lowest BCUT2D eigenvalue weighted by molar-refractivity contribution is -0.418. The van der Waals surface area contributed by atoms with Crippen LogP contribution in [-0.2, 0) is 9.59 Å². The van der Waals surface area contributed by atoms with E-state index in [1.54, 1.807) is 26.2 Å². The van der Waals surface area contributed by atoms with Gasteiger partial charge in [0.2, 0.25) is 11.8 Å². The third kappa shape index (κ3) is 2.78. The standard InChI is InChI=1S/C13H15N3O2S/c1-14-13(15-2)19-10-8-11(17)16(12(10)18)9-6-4-3-5-7-9/h3-7,10H,8H2,1-2H3,(H,14,15)/p+1/t10-/m0/s1. The van der Waals surface area contributed by atoms with Crippen LogP contribution >= 0.6 is 11.8 Å². The number of rotatable bonds is 2. The predicted molar refractivity (Wildman–Crippen MR) is 75.9 cm³/mol. The molecule has 1 aliphatic heterocycles. The van der Waals surface area contributed by atoms with Gasteiger partial charge in [-0.05, 0) is 23.9 Å². The molecule has 2 rings (SSSR count). The molecule has 0 spiro atoms. The molecule has 2 N–H and O–H groups in total. The molecule has 0 radical (unpaired) electrons. The van der Waals surface area contributed by atoms with Gasteiger partial charge in [-0.3, -0.25) is 19.9 Å². The highest BCUT2D eigenvalue weighted by atomic mass is 32.2. The normalized spacial score (nSPS) is 20.0. The molecule has 1 atom stereocenters. The second kappa shape index (κ2) is 5.88. The number of carbonyl (C=O) groups is 2. The van der Waals surface area contributed by atoms with Crippen molar-refractivity contribution in [1.82, 2.24) is 5.32 Å². The van der Waals surface area contributed by atoms with Gasteiger partial charge in [0.1, 0.15) is 5.25 Å². The maximum Gasteiger partial charge on any atom is 0.304 e. The molecule has 1 saturated heterocycles. The summed E-state index contributed by atoms with van der Waals surface area (Å²) in [5.41, 5.74) is 0.635. The second-order valence-corrected chi connectivity index (χ2v) is 5.26. The lowest BCUT2D eigenvalue weighted by Crippen LogP contribution is -2.70. The van der Waals surface area contributed by atoms with Crippen LogP contribution in [0.25, 0.3) is 0 Å². The Labute approximate surface area is 116 Å². The van der Waals surface area contributed by atoms with Crippen LogP contribution in [0.4, 0.5) is 5.69 Å². The average Bonchev–Trinajstić information content (AvgIpc) is 2.71. The van der Waals surface area contributed by atoms with Crippen molar-refractivity contribution in [2.45, 2.75) is 11.7 Å². The Kier molecular flexibility index (Phi) is 4.21. The molecule has 1 aromatic carbocycles. The summed E-state index contributed by atoms with van der Waals surface area (Å²) < 4.78 is 0. The lowest BCUT2D eigenvalue weighted by Gasteiger charge is -2.14. The van der Waals surface area contributed by atoms with Gasteiger partial charge in [-0.1, -0.05) is 18.2 Å². The van der Waals surface area contributed by atoms with Gasteiger partial charge in [-0.15, -0.1) is 0 Å². The second-order valence-electron chi connectivity index (χ2n) is 4.04. The summed E-state index contributed by atoms with van der Waals surface area (Å²) >= 11 is 1.34. The number of benzene rings is 1. The Morgan fingerprint density at radius 1 is 1.37 bits per heavy atom. The summed E-state index contributed by atoms with van der Waals surface area (Å²) in [5.74, 6) is -0.315. The third-order valence-electron chi connectivity index (χ3n) is 2.83. The lowest BCUT2D eigenvalue weighted by atomic mass is 10.3. The van der Waals surface area contributed by atoms with E-state index >= 15 is 0 Å². The molecule has 1 aliphatic rings. The molecule has 1 heterocycles. The number of nitrogens with zero attached hydrogens (tertiary/aromatic N) is 1. The van der Waals surface area contributed by atoms with E-state index in [1.165, 1.54) is 16.7 Å². The van der Waals surface area contributed by atoms with E-state index in [-0.39, 0.29) is 23.5 Å². The Morgan fingerprint density at radius 2 is 2.05 bits per heavy atom. The molecule has 0 saturated carbocycles. The van der Waals surface area contributed by atoms with Gasteiger partial charge in [0.05, 0.1) is 19.8 Å². The third-order valence-corrected chi connectivity index (χ3v) is 4.13. The summed E-state index contributed by atoms with van der Waals surface area (Å²) in [6.07, 6.45) is 0.227. The number of amidine groups is 1. The minimum absolute atomic E-state index is 0.153. The largest absolute Gasteiger partial charge is 0.304 e. The molecule has 5 nitrogen and oxygen atoms in total. The maximum atomic E-state index is 12.3. The minimum atomic E-state index is -0.373. The van der Waals surface area contributed by atoms with Crippen molar-refractivity contribution in [3.8, 4) is 0 Å². The molecule has 0 aliphatic carbocycles. The maximum absolute atomic E-state index is 12.3. The number of para-hydroxylation sites is 1. The molecule has 0 unspecified atom stereocenters. The first-order valence-corrected chi connectivity index (χ1v) is 6.86. The van der Waals surface area contributed by atoms with E-state index in [1.807, 2.05) is 18.2 Å². The zero-order chi connectivity index (χ0) is 13.8. The number of hydrogen-bond acceptors (Lipinski definition) is 3. The summed E-state index contributed by atoms with van der Waals surface area (Å²) in [7, 11) is 3.55. The Balaban J connectivity index is 2.18.